The van der Waals surface area contributed by atoms with Crippen molar-refractivity contribution in [3.05, 3.63) is 16.3 Å². The number of nitrogens with zero attached hydrogens (tertiary/aromatic N) is 3. The Balaban J connectivity index is 1.75. The van der Waals surface area contributed by atoms with E-state index in [1.807, 2.05) is 6.92 Å². The first-order valence-corrected chi connectivity index (χ1v) is 8.70. The van der Waals surface area contributed by atoms with Crippen molar-refractivity contribution in [2.24, 2.45) is 5.92 Å². The van der Waals surface area contributed by atoms with Crippen molar-refractivity contribution in [3.63, 3.8) is 0 Å². The number of nitrogen functional groups attached to an aromatic ring is 1. The van der Waals surface area contributed by atoms with Gasteiger partial charge >= 0.3 is 0 Å². The molecule has 3 heterocycles. The summed E-state index contributed by atoms with van der Waals surface area (Å²) in [6.07, 6.45) is 1.86. The average molecular weight is 320 g/mol. The normalized spacial score (nSPS) is 18.9. The highest BCUT2D eigenvalue weighted by Gasteiger charge is 2.23. The number of aryl methyl sites for hydroxylation is 2. The van der Waals surface area contributed by atoms with Crippen LogP contribution in [0.1, 0.15) is 36.0 Å². The lowest BCUT2D eigenvalue weighted by molar-refractivity contribution is 0.0688. The number of rotatable bonds is 3. The lowest BCUT2D eigenvalue weighted by atomic mass is 9.92. The van der Waals surface area contributed by atoms with Gasteiger partial charge in [-0.3, -0.25) is 4.90 Å². The van der Waals surface area contributed by atoms with Gasteiger partial charge in [0.25, 0.3) is 0 Å². The summed E-state index contributed by atoms with van der Waals surface area (Å²) in [5.41, 5.74) is 7.34. The second kappa shape index (κ2) is 6.10. The molecule has 2 aromatic heterocycles. The lowest BCUT2D eigenvalue weighted by Crippen LogP contribution is -2.37. The van der Waals surface area contributed by atoms with Crippen LogP contribution in [0.2, 0.25) is 0 Å². The van der Waals surface area contributed by atoms with Gasteiger partial charge in [-0.1, -0.05) is 0 Å². The van der Waals surface area contributed by atoms with E-state index in [1.165, 1.54) is 10.4 Å². The summed E-state index contributed by atoms with van der Waals surface area (Å²) >= 11 is 1.69. The maximum Gasteiger partial charge on any atom is 0.146 e. The van der Waals surface area contributed by atoms with Crippen LogP contribution < -0.4 is 5.73 Å². The van der Waals surface area contributed by atoms with Gasteiger partial charge in [0.15, 0.2) is 0 Å². The van der Waals surface area contributed by atoms with Crippen LogP contribution in [0, 0.1) is 19.8 Å². The summed E-state index contributed by atoms with van der Waals surface area (Å²) in [7, 11) is 0. The number of likely N-dealkylation sites (tertiary alicyclic amines) is 1. The predicted octanol–water partition coefficient (Wildman–Crippen LogP) is 2.48. The first-order chi connectivity index (χ1) is 10.5. The summed E-state index contributed by atoms with van der Waals surface area (Å²) in [5.74, 6) is 1.83. The summed E-state index contributed by atoms with van der Waals surface area (Å²) in [4.78, 5) is 13.8. The summed E-state index contributed by atoms with van der Waals surface area (Å²) in [6, 6.07) is 0. The Morgan fingerprint density at radius 1 is 1.32 bits per heavy atom. The first kappa shape index (κ1) is 15.6. The molecule has 3 N–H and O–H groups in total. The standard InChI is InChI=1S/C16H24N4OS/c1-9-11(3)22-16-14(9)15(17)18-13(19-16)8-20-6-4-12(5-7-20)10(2)21/h10,12,21H,4-8H2,1-3H3,(H2,17,18,19). The van der Waals surface area contributed by atoms with Gasteiger partial charge in [0.1, 0.15) is 16.5 Å². The molecule has 1 saturated heterocycles. The van der Waals surface area contributed by atoms with E-state index in [9.17, 15) is 5.11 Å². The number of fused-ring (bicyclic) bond motifs is 1. The topological polar surface area (TPSA) is 75.3 Å². The van der Waals surface area contributed by atoms with Gasteiger partial charge in [0.05, 0.1) is 18.0 Å². The van der Waals surface area contributed by atoms with E-state index in [4.69, 9.17) is 10.7 Å². The van der Waals surface area contributed by atoms with Crippen molar-refractivity contribution in [1.29, 1.82) is 0 Å². The van der Waals surface area contributed by atoms with Gasteiger partial charge in [-0.25, -0.2) is 9.97 Å². The molecule has 22 heavy (non-hydrogen) atoms. The summed E-state index contributed by atoms with van der Waals surface area (Å²) < 4.78 is 0. The molecule has 2 aromatic rings. The van der Waals surface area contributed by atoms with Crippen LogP contribution in [0.3, 0.4) is 0 Å². The largest absolute Gasteiger partial charge is 0.393 e. The zero-order valence-electron chi connectivity index (χ0n) is 13.5. The van der Waals surface area contributed by atoms with Crippen LogP contribution in [0.4, 0.5) is 5.82 Å². The quantitative estimate of drug-likeness (QED) is 0.909. The van der Waals surface area contributed by atoms with E-state index in [2.05, 4.69) is 23.7 Å². The summed E-state index contributed by atoms with van der Waals surface area (Å²) in [6.45, 7) is 8.77. The van der Waals surface area contributed by atoms with Crippen molar-refractivity contribution in [3.8, 4) is 0 Å². The van der Waals surface area contributed by atoms with Crippen LogP contribution >= 0.6 is 11.3 Å². The molecule has 120 valence electrons. The van der Waals surface area contributed by atoms with Crippen LogP contribution in [0.5, 0.6) is 0 Å². The highest BCUT2D eigenvalue weighted by atomic mass is 32.1. The molecule has 3 rings (SSSR count). The number of aliphatic hydroxyl groups excluding tert-OH is 1. The molecule has 0 amide bonds. The minimum atomic E-state index is -0.206. The van der Waals surface area contributed by atoms with Crippen LogP contribution in [-0.4, -0.2) is 39.2 Å². The molecule has 0 saturated carbocycles. The third kappa shape index (κ3) is 2.95. The number of anilines is 1. The van der Waals surface area contributed by atoms with E-state index < -0.39 is 0 Å². The maximum absolute atomic E-state index is 9.68. The van der Waals surface area contributed by atoms with E-state index in [0.29, 0.717) is 11.7 Å². The molecule has 0 radical (unpaired) electrons. The number of nitrogens with two attached hydrogens (primary N) is 1. The molecule has 0 bridgehead atoms. The number of thiophene rings is 1. The summed E-state index contributed by atoms with van der Waals surface area (Å²) in [5, 5.41) is 10.7. The van der Waals surface area contributed by atoms with E-state index in [0.717, 1.165) is 48.5 Å². The molecule has 5 nitrogen and oxygen atoms in total. The van der Waals surface area contributed by atoms with Crippen molar-refractivity contribution in [1.82, 2.24) is 14.9 Å². The Morgan fingerprint density at radius 3 is 2.64 bits per heavy atom. The molecule has 1 atom stereocenters. The van der Waals surface area contributed by atoms with Crippen LogP contribution in [0.15, 0.2) is 0 Å². The first-order valence-electron chi connectivity index (χ1n) is 7.88. The molecule has 0 aromatic carbocycles. The highest BCUT2D eigenvalue weighted by molar-refractivity contribution is 7.18. The third-order valence-electron chi connectivity index (χ3n) is 4.78. The van der Waals surface area contributed by atoms with Crippen molar-refractivity contribution in [2.75, 3.05) is 18.8 Å². The second-order valence-corrected chi connectivity index (χ2v) is 7.55. The number of hydrogen-bond donors (Lipinski definition) is 2. The van der Waals surface area contributed by atoms with Gasteiger partial charge in [0, 0.05) is 4.88 Å². The fraction of sp³-hybridized carbons (Fsp3) is 0.625. The Labute approximate surface area is 135 Å². The minimum Gasteiger partial charge on any atom is -0.393 e. The fourth-order valence-electron chi connectivity index (χ4n) is 3.19. The number of aromatic nitrogens is 2. The fourth-order valence-corrected chi connectivity index (χ4v) is 4.25. The predicted molar refractivity (Wildman–Crippen MR) is 91.0 cm³/mol. The van der Waals surface area contributed by atoms with Gasteiger partial charge < -0.3 is 10.8 Å². The zero-order valence-corrected chi connectivity index (χ0v) is 14.3. The molecule has 0 aliphatic carbocycles. The van der Waals surface area contributed by atoms with Gasteiger partial charge in [-0.2, -0.15) is 0 Å². The minimum absolute atomic E-state index is 0.206. The second-order valence-electron chi connectivity index (χ2n) is 6.34. The molecular formula is C16H24N4OS. The Hall–Kier alpha value is -1.24. The average Bonchev–Trinajstić information content (AvgIpc) is 2.75. The van der Waals surface area contributed by atoms with Crippen LogP contribution in [0.25, 0.3) is 10.2 Å². The lowest BCUT2D eigenvalue weighted by Gasteiger charge is -2.32. The third-order valence-corrected chi connectivity index (χ3v) is 5.88. The maximum atomic E-state index is 9.68. The molecule has 1 aliphatic rings. The van der Waals surface area contributed by atoms with E-state index >= 15 is 0 Å². The molecule has 1 fully saturated rings. The number of hydrogen-bond acceptors (Lipinski definition) is 6. The zero-order chi connectivity index (χ0) is 15.9. The van der Waals surface area contributed by atoms with Gasteiger partial charge in [-0.05, 0) is 58.2 Å². The Kier molecular flexibility index (Phi) is 4.34. The Bertz CT molecular complexity index is 674. The number of piperidine rings is 1. The van der Waals surface area contributed by atoms with Crippen molar-refractivity contribution < 1.29 is 5.11 Å². The molecule has 0 spiro atoms. The highest BCUT2D eigenvalue weighted by Crippen LogP contribution is 2.32. The molecule has 1 aliphatic heterocycles. The number of aliphatic hydroxyl groups is 1. The van der Waals surface area contributed by atoms with E-state index in [-0.39, 0.29) is 6.10 Å². The SMILES string of the molecule is Cc1sc2nc(CN3CCC(C(C)O)CC3)nc(N)c2c1C. The van der Waals surface area contributed by atoms with Crippen molar-refractivity contribution in [2.45, 2.75) is 46.3 Å². The van der Waals surface area contributed by atoms with Crippen LogP contribution in [-0.2, 0) is 6.54 Å². The van der Waals surface area contributed by atoms with Crippen molar-refractivity contribution >= 4 is 27.4 Å². The van der Waals surface area contributed by atoms with E-state index in [1.54, 1.807) is 11.3 Å². The van der Waals surface area contributed by atoms with Gasteiger partial charge in [0.2, 0.25) is 0 Å². The van der Waals surface area contributed by atoms with Gasteiger partial charge in [-0.15, -0.1) is 11.3 Å². The smallest absolute Gasteiger partial charge is 0.146 e. The molecule has 6 heteroatoms. The molecular weight excluding hydrogens is 296 g/mol. The monoisotopic (exact) mass is 320 g/mol. The molecule has 1 unspecified atom stereocenters. The Morgan fingerprint density at radius 2 is 2.00 bits per heavy atom.